The van der Waals surface area contributed by atoms with Crippen LogP contribution in [0.5, 0.6) is 0 Å². The van der Waals surface area contributed by atoms with Gasteiger partial charge in [-0.25, -0.2) is 4.98 Å². The molecule has 3 rings (SSSR count). The minimum atomic E-state index is -0.211. The molecule has 0 fully saturated rings. The fourth-order valence-electron chi connectivity index (χ4n) is 2.78. The number of amides is 2. The second-order valence-electron chi connectivity index (χ2n) is 6.09. The van der Waals surface area contributed by atoms with Crippen molar-refractivity contribution in [2.24, 2.45) is 0 Å². The molecule has 2 amide bonds. The summed E-state index contributed by atoms with van der Waals surface area (Å²) in [6.45, 7) is 0. The lowest BCUT2D eigenvalue weighted by Crippen LogP contribution is -2.18. The predicted molar refractivity (Wildman–Crippen MR) is 104 cm³/mol. The maximum absolute atomic E-state index is 12.1. The molecule has 0 bridgehead atoms. The molecule has 0 aliphatic heterocycles. The van der Waals surface area contributed by atoms with E-state index in [1.165, 1.54) is 0 Å². The van der Waals surface area contributed by atoms with Gasteiger partial charge in [0, 0.05) is 31.1 Å². The molecule has 3 N–H and O–H groups in total. The van der Waals surface area contributed by atoms with Gasteiger partial charge in [-0.05, 0) is 36.8 Å². The van der Waals surface area contributed by atoms with Gasteiger partial charge >= 0.3 is 0 Å². The van der Waals surface area contributed by atoms with E-state index >= 15 is 0 Å². The van der Waals surface area contributed by atoms with E-state index in [1.54, 1.807) is 49.5 Å². The van der Waals surface area contributed by atoms with Crippen molar-refractivity contribution >= 4 is 28.4 Å². The van der Waals surface area contributed by atoms with Crippen LogP contribution in [0.1, 0.15) is 29.0 Å². The molecule has 1 heterocycles. The van der Waals surface area contributed by atoms with Crippen LogP contribution in [0.15, 0.2) is 53.3 Å². The number of fused-ring (bicyclic) bond motifs is 1. The highest BCUT2D eigenvalue weighted by atomic mass is 16.2. The number of H-pyrrole nitrogens is 1. The third kappa shape index (κ3) is 4.58. The van der Waals surface area contributed by atoms with Crippen molar-refractivity contribution in [3.05, 3.63) is 70.3 Å². The molecular weight excluding hydrogens is 344 g/mol. The van der Waals surface area contributed by atoms with Gasteiger partial charge in [0.25, 0.3) is 11.5 Å². The van der Waals surface area contributed by atoms with Crippen LogP contribution < -0.4 is 16.2 Å². The summed E-state index contributed by atoms with van der Waals surface area (Å²) in [5.74, 6) is 0.192. The van der Waals surface area contributed by atoms with Gasteiger partial charge in [0.2, 0.25) is 5.91 Å². The van der Waals surface area contributed by atoms with Gasteiger partial charge in [-0.3, -0.25) is 14.4 Å². The van der Waals surface area contributed by atoms with Crippen LogP contribution in [0.3, 0.4) is 0 Å². The van der Waals surface area contributed by atoms with E-state index in [1.807, 2.05) is 6.07 Å². The predicted octanol–water partition coefficient (Wildman–Crippen LogP) is 2.24. The topological polar surface area (TPSA) is 104 Å². The van der Waals surface area contributed by atoms with Gasteiger partial charge in [0.1, 0.15) is 5.82 Å². The fraction of sp³-hybridized carbons (Fsp3) is 0.200. The Morgan fingerprint density at radius 2 is 1.93 bits per heavy atom. The van der Waals surface area contributed by atoms with Crippen LogP contribution in [-0.4, -0.2) is 28.8 Å². The molecule has 27 heavy (non-hydrogen) atoms. The average Bonchev–Trinajstić information content (AvgIpc) is 2.67. The van der Waals surface area contributed by atoms with E-state index in [-0.39, 0.29) is 23.8 Å². The third-order valence-corrected chi connectivity index (χ3v) is 4.11. The summed E-state index contributed by atoms with van der Waals surface area (Å²) in [5.41, 5.74) is 1.52. The van der Waals surface area contributed by atoms with E-state index < -0.39 is 0 Å². The molecule has 0 aliphatic rings. The molecule has 0 saturated heterocycles. The van der Waals surface area contributed by atoms with Gasteiger partial charge in [-0.2, -0.15) is 0 Å². The van der Waals surface area contributed by atoms with Crippen molar-refractivity contribution in [2.75, 3.05) is 12.4 Å². The van der Waals surface area contributed by atoms with Crippen molar-refractivity contribution in [3.8, 4) is 0 Å². The van der Waals surface area contributed by atoms with E-state index in [0.717, 1.165) is 0 Å². The summed E-state index contributed by atoms with van der Waals surface area (Å²) in [6.07, 6.45) is 1.31. The van der Waals surface area contributed by atoms with E-state index in [2.05, 4.69) is 20.6 Å². The highest BCUT2D eigenvalue weighted by molar-refractivity contribution is 5.97. The maximum atomic E-state index is 12.1. The number of carbonyl (C=O) groups excluding carboxylic acids is 2. The SMILES string of the molecule is CNC(=O)c1cccc(NC(=O)CCCc2nc3ccccc3c(=O)[nH]2)c1. The summed E-state index contributed by atoms with van der Waals surface area (Å²) >= 11 is 0. The van der Waals surface area contributed by atoms with Gasteiger partial charge < -0.3 is 15.6 Å². The van der Waals surface area contributed by atoms with Crippen molar-refractivity contribution in [3.63, 3.8) is 0 Å². The lowest BCUT2D eigenvalue weighted by Gasteiger charge is -2.07. The Balaban J connectivity index is 1.57. The molecule has 2 aromatic carbocycles. The highest BCUT2D eigenvalue weighted by Crippen LogP contribution is 2.12. The lowest BCUT2D eigenvalue weighted by atomic mass is 10.1. The molecule has 0 aliphatic carbocycles. The van der Waals surface area contributed by atoms with E-state index in [4.69, 9.17) is 0 Å². The monoisotopic (exact) mass is 364 g/mol. The van der Waals surface area contributed by atoms with Gasteiger partial charge in [-0.15, -0.1) is 0 Å². The molecule has 3 aromatic rings. The van der Waals surface area contributed by atoms with Crippen LogP contribution in [0.4, 0.5) is 5.69 Å². The number of para-hydroxylation sites is 1. The van der Waals surface area contributed by atoms with Crippen LogP contribution in [0, 0.1) is 0 Å². The zero-order valence-corrected chi connectivity index (χ0v) is 14.9. The first kappa shape index (κ1) is 18.3. The van der Waals surface area contributed by atoms with Crippen molar-refractivity contribution in [1.29, 1.82) is 0 Å². The van der Waals surface area contributed by atoms with Crippen molar-refractivity contribution in [1.82, 2.24) is 15.3 Å². The van der Waals surface area contributed by atoms with E-state index in [0.29, 0.717) is 40.8 Å². The summed E-state index contributed by atoms with van der Waals surface area (Å²) in [4.78, 5) is 43.0. The number of nitrogens with zero attached hydrogens (tertiary/aromatic N) is 1. The molecular formula is C20H20N4O3. The first-order chi connectivity index (χ1) is 13.1. The number of nitrogens with one attached hydrogen (secondary N) is 3. The normalized spacial score (nSPS) is 10.6. The molecule has 0 unspecified atom stereocenters. The minimum absolute atomic E-state index is 0.160. The molecule has 0 spiro atoms. The fourth-order valence-corrected chi connectivity index (χ4v) is 2.78. The maximum Gasteiger partial charge on any atom is 0.258 e. The highest BCUT2D eigenvalue weighted by Gasteiger charge is 2.08. The number of carbonyl (C=O) groups is 2. The van der Waals surface area contributed by atoms with Crippen LogP contribution in [-0.2, 0) is 11.2 Å². The number of rotatable bonds is 6. The van der Waals surface area contributed by atoms with Gasteiger partial charge in [0.15, 0.2) is 0 Å². The third-order valence-electron chi connectivity index (χ3n) is 4.11. The van der Waals surface area contributed by atoms with Crippen LogP contribution in [0.2, 0.25) is 0 Å². The Bertz CT molecular complexity index is 1040. The number of aromatic nitrogens is 2. The van der Waals surface area contributed by atoms with Gasteiger partial charge in [-0.1, -0.05) is 18.2 Å². The number of aryl methyl sites for hydroxylation is 1. The Labute approximate surface area is 155 Å². The van der Waals surface area contributed by atoms with E-state index in [9.17, 15) is 14.4 Å². The molecule has 0 atom stereocenters. The summed E-state index contributed by atoms with van der Waals surface area (Å²) in [6, 6.07) is 13.9. The summed E-state index contributed by atoms with van der Waals surface area (Å²) < 4.78 is 0. The lowest BCUT2D eigenvalue weighted by molar-refractivity contribution is -0.116. The van der Waals surface area contributed by atoms with Crippen molar-refractivity contribution < 1.29 is 9.59 Å². The first-order valence-electron chi connectivity index (χ1n) is 8.67. The van der Waals surface area contributed by atoms with Crippen molar-refractivity contribution in [2.45, 2.75) is 19.3 Å². The Morgan fingerprint density at radius 3 is 2.74 bits per heavy atom. The second-order valence-corrected chi connectivity index (χ2v) is 6.09. The molecule has 1 aromatic heterocycles. The number of benzene rings is 2. The summed E-state index contributed by atoms with van der Waals surface area (Å²) in [7, 11) is 1.55. The number of hydrogen-bond donors (Lipinski definition) is 3. The quantitative estimate of drug-likeness (QED) is 0.624. The first-order valence-corrected chi connectivity index (χ1v) is 8.67. The smallest absolute Gasteiger partial charge is 0.258 e. The second kappa shape index (κ2) is 8.27. The number of aromatic amines is 1. The molecule has 0 saturated carbocycles. The van der Waals surface area contributed by atoms with Crippen LogP contribution in [0.25, 0.3) is 10.9 Å². The minimum Gasteiger partial charge on any atom is -0.355 e. The zero-order valence-electron chi connectivity index (χ0n) is 14.9. The van der Waals surface area contributed by atoms with Crippen LogP contribution >= 0.6 is 0 Å². The average molecular weight is 364 g/mol. The molecule has 7 heteroatoms. The molecule has 7 nitrogen and oxygen atoms in total. The molecule has 0 radical (unpaired) electrons. The number of hydrogen-bond acceptors (Lipinski definition) is 4. The summed E-state index contributed by atoms with van der Waals surface area (Å²) in [5, 5.41) is 5.87. The zero-order chi connectivity index (χ0) is 19.2. The standard InChI is InChI=1S/C20H20N4O3/c1-21-19(26)13-6-4-7-14(12-13)22-18(25)11-5-10-17-23-16-9-3-2-8-15(16)20(27)24-17/h2-4,6-9,12H,5,10-11H2,1H3,(H,21,26)(H,22,25)(H,23,24,27). The Hall–Kier alpha value is -3.48. The Morgan fingerprint density at radius 1 is 1.11 bits per heavy atom. The van der Waals surface area contributed by atoms with Gasteiger partial charge in [0.05, 0.1) is 10.9 Å². The largest absolute Gasteiger partial charge is 0.355 e. The molecule has 138 valence electrons. The number of anilines is 1. The Kier molecular flexibility index (Phi) is 5.61.